The third-order valence-corrected chi connectivity index (χ3v) is 8.37. The third kappa shape index (κ3) is 2.06. The molecule has 7 unspecified atom stereocenters. The van der Waals surface area contributed by atoms with Crippen LogP contribution < -0.4 is 0 Å². The summed E-state index contributed by atoms with van der Waals surface area (Å²) in [4.78, 5) is 0. The largest absolute Gasteiger partial charge is 0.393 e. The standard InChI is InChI=1S/C20H32O3/c1-18-8-6-13(21)10-12(18)11-20(3,23)17-14-4-5-16(22)19(14,2)9-7-15(17)18/h11,13-17,21-23H,4-10H2,1-3H3/t13?,14?,15?,16?,17?,18?,19?,20-/m0/s1. The molecule has 0 aromatic rings. The molecule has 0 bridgehead atoms. The predicted molar refractivity (Wildman–Crippen MR) is 89.7 cm³/mol. The van der Waals surface area contributed by atoms with Gasteiger partial charge in [-0.3, -0.25) is 0 Å². The molecule has 3 saturated carbocycles. The second-order valence-corrected chi connectivity index (χ2v) is 9.59. The molecule has 23 heavy (non-hydrogen) atoms. The van der Waals surface area contributed by atoms with Crippen LogP contribution in [-0.2, 0) is 0 Å². The number of fused-ring (bicyclic) bond motifs is 5. The van der Waals surface area contributed by atoms with Crippen molar-refractivity contribution in [3.63, 3.8) is 0 Å². The molecule has 0 aliphatic heterocycles. The van der Waals surface area contributed by atoms with Gasteiger partial charge in [0.25, 0.3) is 0 Å². The molecule has 3 heteroatoms. The third-order valence-electron chi connectivity index (χ3n) is 8.37. The van der Waals surface area contributed by atoms with Crippen molar-refractivity contribution < 1.29 is 15.3 Å². The Labute approximate surface area is 139 Å². The second-order valence-electron chi connectivity index (χ2n) is 9.59. The highest BCUT2D eigenvalue weighted by Crippen LogP contribution is 2.66. The van der Waals surface area contributed by atoms with E-state index in [9.17, 15) is 15.3 Å². The summed E-state index contributed by atoms with van der Waals surface area (Å²) in [5.41, 5.74) is 0.569. The molecule has 3 fully saturated rings. The Kier molecular flexibility index (Phi) is 3.38. The van der Waals surface area contributed by atoms with Crippen LogP contribution in [0.1, 0.15) is 65.7 Å². The summed E-state index contributed by atoms with van der Waals surface area (Å²) in [6.07, 6.45) is 8.35. The predicted octanol–water partition coefficient (Wildman–Crippen LogP) is 3.03. The van der Waals surface area contributed by atoms with E-state index in [1.807, 2.05) is 6.92 Å². The Morgan fingerprint density at radius 3 is 2.43 bits per heavy atom. The highest BCUT2D eigenvalue weighted by Gasteiger charge is 2.63. The van der Waals surface area contributed by atoms with Crippen molar-refractivity contribution in [1.82, 2.24) is 0 Å². The second kappa shape index (κ2) is 4.83. The van der Waals surface area contributed by atoms with Gasteiger partial charge in [0.15, 0.2) is 0 Å². The van der Waals surface area contributed by atoms with Crippen molar-refractivity contribution >= 4 is 0 Å². The molecule has 4 aliphatic carbocycles. The Hall–Kier alpha value is -0.380. The first-order valence-electron chi connectivity index (χ1n) is 9.49. The van der Waals surface area contributed by atoms with E-state index in [0.717, 1.165) is 44.9 Å². The Morgan fingerprint density at radius 1 is 0.957 bits per heavy atom. The number of aliphatic hydroxyl groups is 3. The number of rotatable bonds is 0. The Morgan fingerprint density at radius 2 is 1.70 bits per heavy atom. The lowest BCUT2D eigenvalue weighted by molar-refractivity contribution is -0.138. The van der Waals surface area contributed by atoms with Gasteiger partial charge in [-0.15, -0.1) is 0 Å². The van der Waals surface area contributed by atoms with E-state index in [1.54, 1.807) is 0 Å². The van der Waals surface area contributed by atoms with Crippen molar-refractivity contribution in [1.29, 1.82) is 0 Å². The van der Waals surface area contributed by atoms with Crippen LogP contribution in [0.2, 0.25) is 0 Å². The summed E-state index contributed by atoms with van der Waals surface area (Å²) in [5, 5.41) is 32.0. The molecule has 8 atom stereocenters. The van der Waals surface area contributed by atoms with Gasteiger partial charge in [-0.25, -0.2) is 0 Å². The van der Waals surface area contributed by atoms with Crippen LogP contribution in [0.25, 0.3) is 0 Å². The minimum absolute atomic E-state index is 0.0267. The molecule has 130 valence electrons. The Bertz CT molecular complexity index is 539. The van der Waals surface area contributed by atoms with Gasteiger partial charge in [0.1, 0.15) is 0 Å². The molecule has 0 spiro atoms. The van der Waals surface area contributed by atoms with Crippen LogP contribution >= 0.6 is 0 Å². The highest BCUT2D eigenvalue weighted by molar-refractivity contribution is 5.31. The zero-order chi connectivity index (χ0) is 16.6. The quantitative estimate of drug-likeness (QED) is 0.601. The summed E-state index contributed by atoms with van der Waals surface area (Å²) in [5.74, 6) is 1.13. The van der Waals surface area contributed by atoms with Crippen LogP contribution in [0.5, 0.6) is 0 Å². The molecule has 4 rings (SSSR count). The van der Waals surface area contributed by atoms with Crippen molar-refractivity contribution in [3.8, 4) is 0 Å². The lowest BCUT2D eigenvalue weighted by atomic mass is 9.45. The van der Waals surface area contributed by atoms with E-state index in [4.69, 9.17) is 0 Å². The summed E-state index contributed by atoms with van der Waals surface area (Å²) in [6.45, 7) is 6.58. The average Bonchev–Trinajstić information content (AvgIpc) is 2.77. The number of aliphatic hydroxyl groups excluding tert-OH is 2. The fourth-order valence-corrected chi connectivity index (χ4v) is 6.95. The van der Waals surface area contributed by atoms with Gasteiger partial charge in [-0.1, -0.05) is 25.5 Å². The summed E-state index contributed by atoms with van der Waals surface area (Å²) in [7, 11) is 0. The molecule has 0 heterocycles. The minimum Gasteiger partial charge on any atom is -0.393 e. The van der Waals surface area contributed by atoms with E-state index in [0.29, 0.717) is 11.8 Å². The fraction of sp³-hybridized carbons (Fsp3) is 0.900. The van der Waals surface area contributed by atoms with E-state index in [2.05, 4.69) is 19.9 Å². The number of hydrogen-bond donors (Lipinski definition) is 3. The maximum Gasteiger partial charge on any atom is 0.0836 e. The maximum absolute atomic E-state index is 11.3. The van der Waals surface area contributed by atoms with Gasteiger partial charge >= 0.3 is 0 Å². The molecule has 3 N–H and O–H groups in total. The monoisotopic (exact) mass is 320 g/mol. The van der Waals surface area contributed by atoms with Crippen molar-refractivity contribution in [2.24, 2.45) is 28.6 Å². The molecular formula is C20H32O3. The van der Waals surface area contributed by atoms with Gasteiger partial charge in [0.2, 0.25) is 0 Å². The normalized spacial score (nSPS) is 58.9. The fourth-order valence-electron chi connectivity index (χ4n) is 6.95. The zero-order valence-electron chi connectivity index (χ0n) is 14.8. The molecule has 4 aliphatic rings. The van der Waals surface area contributed by atoms with Gasteiger partial charge in [-0.05, 0) is 80.5 Å². The number of hydrogen-bond acceptors (Lipinski definition) is 3. The van der Waals surface area contributed by atoms with Gasteiger partial charge in [0, 0.05) is 0 Å². The maximum atomic E-state index is 11.3. The highest BCUT2D eigenvalue weighted by atomic mass is 16.3. The van der Waals surface area contributed by atoms with Crippen LogP contribution in [-0.4, -0.2) is 33.1 Å². The SMILES string of the molecule is CC12CCC(O)CC1=C[C@](C)(O)C1C2CCC2(C)C(O)CCC12. The zero-order valence-corrected chi connectivity index (χ0v) is 14.8. The van der Waals surface area contributed by atoms with E-state index in [1.165, 1.54) is 5.57 Å². The van der Waals surface area contributed by atoms with Crippen LogP contribution in [0.3, 0.4) is 0 Å². The summed E-state index contributed by atoms with van der Waals surface area (Å²) < 4.78 is 0. The molecule has 0 radical (unpaired) electrons. The molecule has 3 nitrogen and oxygen atoms in total. The lowest BCUT2D eigenvalue weighted by Crippen LogP contribution is -2.59. The summed E-state index contributed by atoms with van der Waals surface area (Å²) >= 11 is 0. The summed E-state index contributed by atoms with van der Waals surface area (Å²) in [6, 6.07) is 0. The molecule has 0 aromatic carbocycles. The van der Waals surface area contributed by atoms with Crippen molar-refractivity contribution in [2.45, 2.75) is 83.5 Å². The van der Waals surface area contributed by atoms with E-state index >= 15 is 0 Å². The van der Waals surface area contributed by atoms with E-state index < -0.39 is 5.60 Å². The first-order valence-corrected chi connectivity index (χ1v) is 9.49. The van der Waals surface area contributed by atoms with Gasteiger partial charge < -0.3 is 15.3 Å². The molecule has 0 aromatic heterocycles. The first kappa shape index (κ1) is 16.1. The lowest BCUT2D eigenvalue weighted by Gasteiger charge is -2.61. The van der Waals surface area contributed by atoms with Crippen molar-refractivity contribution in [3.05, 3.63) is 11.6 Å². The van der Waals surface area contributed by atoms with Crippen LogP contribution in [0.15, 0.2) is 11.6 Å². The van der Waals surface area contributed by atoms with Crippen LogP contribution in [0.4, 0.5) is 0 Å². The van der Waals surface area contributed by atoms with Crippen molar-refractivity contribution in [2.75, 3.05) is 0 Å². The molecular weight excluding hydrogens is 288 g/mol. The minimum atomic E-state index is -0.813. The first-order chi connectivity index (χ1) is 10.7. The van der Waals surface area contributed by atoms with Crippen LogP contribution in [0, 0.1) is 28.6 Å². The Balaban J connectivity index is 1.79. The van der Waals surface area contributed by atoms with Gasteiger partial charge in [-0.2, -0.15) is 0 Å². The molecule has 0 amide bonds. The van der Waals surface area contributed by atoms with Gasteiger partial charge in [0.05, 0.1) is 17.8 Å². The smallest absolute Gasteiger partial charge is 0.0836 e. The average molecular weight is 320 g/mol. The van der Waals surface area contributed by atoms with E-state index in [-0.39, 0.29) is 29.0 Å². The molecule has 0 saturated heterocycles. The topological polar surface area (TPSA) is 60.7 Å².